The molecule has 1 heterocycles. The number of halogens is 1. The van der Waals surface area contributed by atoms with E-state index < -0.39 is 0 Å². The summed E-state index contributed by atoms with van der Waals surface area (Å²) in [6.07, 6.45) is 3.93. The lowest BCUT2D eigenvalue weighted by Gasteiger charge is -2.22. The molecule has 1 amide bonds. The molecule has 0 fully saturated rings. The average molecular weight is 382 g/mol. The molecule has 146 valence electrons. The number of aryl methyl sites for hydroxylation is 1. The molecule has 1 N–H and O–H groups in total. The summed E-state index contributed by atoms with van der Waals surface area (Å²) in [5.74, 6) is 0.595. The molecule has 1 unspecified atom stereocenters. The highest BCUT2D eigenvalue weighted by molar-refractivity contribution is 5.91. The van der Waals surface area contributed by atoms with Crippen molar-refractivity contribution in [2.24, 2.45) is 0 Å². The summed E-state index contributed by atoms with van der Waals surface area (Å²) in [4.78, 5) is 12.7. The van der Waals surface area contributed by atoms with Gasteiger partial charge in [-0.05, 0) is 42.8 Å². The molecule has 3 aromatic rings. The van der Waals surface area contributed by atoms with E-state index in [-0.39, 0.29) is 24.2 Å². The van der Waals surface area contributed by atoms with E-state index in [1.165, 1.54) is 6.07 Å². The van der Waals surface area contributed by atoms with Gasteiger partial charge in [0.1, 0.15) is 5.82 Å². The predicted octanol–water partition coefficient (Wildman–Crippen LogP) is 4.57. The van der Waals surface area contributed by atoms with Gasteiger partial charge in [-0.3, -0.25) is 4.79 Å². The minimum Gasteiger partial charge on any atom is -0.493 e. The van der Waals surface area contributed by atoms with Gasteiger partial charge in [-0.1, -0.05) is 18.2 Å². The molecule has 5 nitrogen and oxygen atoms in total. The van der Waals surface area contributed by atoms with E-state index in [1.54, 1.807) is 33.3 Å². The zero-order chi connectivity index (χ0) is 20.1. The van der Waals surface area contributed by atoms with Crippen LogP contribution in [0.2, 0.25) is 0 Å². The van der Waals surface area contributed by atoms with Crippen molar-refractivity contribution in [1.29, 1.82) is 0 Å². The maximum Gasteiger partial charge on any atom is 0.226 e. The summed E-state index contributed by atoms with van der Waals surface area (Å²) in [5.41, 5.74) is 1.78. The third-order valence-corrected chi connectivity index (χ3v) is 4.61. The average Bonchev–Trinajstić information content (AvgIpc) is 3.22. The van der Waals surface area contributed by atoms with Gasteiger partial charge in [0, 0.05) is 23.6 Å². The van der Waals surface area contributed by atoms with Crippen LogP contribution in [0.3, 0.4) is 0 Å². The molecule has 6 heteroatoms. The SMILES string of the molecule is COc1cccc(C(CC(=O)Nc2ccc(C)c(F)c2)n2cccc2)c1OC. The monoisotopic (exact) mass is 382 g/mol. The summed E-state index contributed by atoms with van der Waals surface area (Å²) in [5, 5.41) is 2.77. The van der Waals surface area contributed by atoms with Crippen LogP contribution in [0.4, 0.5) is 10.1 Å². The Kier molecular flexibility index (Phi) is 5.99. The summed E-state index contributed by atoms with van der Waals surface area (Å²) in [6.45, 7) is 1.68. The van der Waals surface area contributed by atoms with Gasteiger partial charge in [-0.15, -0.1) is 0 Å². The van der Waals surface area contributed by atoms with Crippen molar-refractivity contribution in [3.8, 4) is 11.5 Å². The number of amides is 1. The Morgan fingerprint density at radius 2 is 1.86 bits per heavy atom. The number of nitrogens with zero attached hydrogens (tertiary/aromatic N) is 1. The summed E-state index contributed by atoms with van der Waals surface area (Å²) < 4.78 is 26.7. The standard InChI is InChI=1S/C22H23FN2O3/c1-15-9-10-16(13-18(15)23)24-21(26)14-19(25-11-4-5-12-25)17-7-6-8-20(27-2)22(17)28-3/h4-13,19H,14H2,1-3H3,(H,24,26). The Labute approximate surface area is 163 Å². The molecular formula is C22H23FN2O3. The van der Waals surface area contributed by atoms with E-state index >= 15 is 0 Å². The zero-order valence-corrected chi connectivity index (χ0v) is 16.1. The molecule has 0 aliphatic heterocycles. The number of nitrogens with one attached hydrogen (secondary N) is 1. The third-order valence-electron chi connectivity index (χ3n) is 4.61. The molecule has 1 atom stereocenters. The Hall–Kier alpha value is -3.28. The van der Waals surface area contributed by atoms with Crippen molar-refractivity contribution in [1.82, 2.24) is 4.57 Å². The van der Waals surface area contributed by atoms with Gasteiger partial charge >= 0.3 is 0 Å². The second-order valence-corrected chi connectivity index (χ2v) is 6.45. The Balaban J connectivity index is 1.90. The molecule has 0 saturated heterocycles. The first-order chi connectivity index (χ1) is 13.5. The molecule has 0 radical (unpaired) electrons. The van der Waals surface area contributed by atoms with E-state index in [4.69, 9.17) is 9.47 Å². The van der Waals surface area contributed by atoms with E-state index in [0.29, 0.717) is 22.7 Å². The second-order valence-electron chi connectivity index (χ2n) is 6.45. The molecule has 0 bridgehead atoms. The highest BCUT2D eigenvalue weighted by Gasteiger charge is 2.23. The lowest BCUT2D eigenvalue weighted by atomic mass is 10.0. The second kappa shape index (κ2) is 8.61. The highest BCUT2D eigenvalue weighted by atomic mass is 19.1. The maximum absolute atomic E-state index is 13.8. The number of para-hydroxylation sites is 1. The normalized spacial score (nSPS) is 11.7. The lowest BCUT2D eigenvalue weighted by molar-refractivity contribution is -0.116. The summed E-state index contributed by atoms with van der Waals surface area (Å²) >= 11 is 0. The maximum atomic E-state index is 13.8. The number of hydrogen-bond acceptors (Lipinski definition) is 3. The molecule has 0 aliphatic carbocycles. The number of aromatic nitrogens is 1. The molecule has 0 aliphatic rings. The van der Waals surface area contributed by atoms with Crippen LogP contribution in [0.5, 0.6) is 11.5 Å². The van der Waals surface area contributed by atoms with Gasteiger partial charge in [0.15, 0.2) is 11.5 Å². The number of carbonyl (C=O) groups is 1. The van der Waals surface area contributed by atoms with E-state index in [9.17, 15) is 9.18 Å². The van der Waals surface area contributed by atoms with Crippen LogP contribution in [0.15, 0.2) is 60.9 Å². The van der Waals surface area contributed by atoms with E-state index in [2.05, 4.69) is 5.32 Å². The summed E-state index contributed by atoms with van der Waals surface area (Å²) in [7, 11) is 3.15. The van der Waals surface area contributed by atoms with Crippen molar-refractivity contribution in [3.05, 3.63) is 77.9 Å². The number of hydrogen-bond donors (Lipinski definition) is 1. The van der Waals surface area contributed by atoms with Crippen molar-refractivity contribution in [2.45, 2.75) is 19.4 Å². The van der Waals surface area contributed by atoms with Gasteiger partial charge in [-0.2, -0.15) is 0 Å². The minimum absolute atomic E-state index is 0.147. The highest BCUT2D eigenvalue weighted by Crippen LogP contribution is 2.37. The fraction of sp³-hybridized carbons (Fsp3) is 0.227. The molecule has 28 heavy (non-hydrogen) atoms. The van der Waals surface area contributed by atoms with Crippen molar-refractivity contribution >= 4 is 11.6 Å². The fourth-order valence-corrected chi connectivity index (χ4v) is 3.16. The number of ether oxygens (including phenoxy) is 2. The number of methoxy groups -OCH3 is 2. The molecule has 0 saturated carbocycles. The Morgan fingerprint density at radius 3 is 2.50 bits per heavy atom. The first-order valence-electron chi connectivity index (χ1n) is 8.92. The first-order valence-corrected chi connectivity index (χ1v) is 8.92. The molecule has 1 aromatic heterocycles. The molecule has 0 spiro atoms. The zero-order valence-electron chi connectivity index (χ0n) is 16.1. The van der Waals surface area contributed by atoms with Crippen LogP contribution < -0.4 is 14.8 Å². The number of rotatable bonds is 7. The Bertz CT molecular complexity index is 954. The van der Waals surface area contributed by atoms with Gasteiger partial charge in [-0.25, -0.2) is 4.39 Å². The number of benzene rings is 2. The van der Waals surface area contributed by atoms with Gasteiger partial charge in [0.05, 0.1) is 26.7 Å². The number of anilines is 1. The molecule has 2 aromatic carbocycles. The molecular weight excluding hydrogens is 359 g/mol. The lowest BCUT2D eigenvalue weighted by Crippen LogP contribution is -2.20. The first kappa shape index (κ1) is 19.5. The van der Waals surface area contributed by atoms with Gasteiger partial charge in [0.2, 0.25) is 5.91 Å². The third kappa shape index (κ3) is 4.17. The predicted molar refractivity (Wildman–Crippen MR) is 107 cm³/mol. The fourth-order valence-electron chi connectivity index (χ4n) is 3.16. The van der Waals surface area contributed by atoms with Gasteiger partial charge in [0.25, 0.3) is 0 Å². The van der Waals surface area contributed by atoms with Crippen LogP contribution >= 0.6 is 0 Å². The van der Waals surface area contributed by atoms with Crippen LogP contribution in [0.1, 0.15) is 23.6 Å². The van der Waals surface area contributed by atoms with Crippen LogP contribution in [0, 0.1) is 12.7 Å². The van der Waals surface area contributed by atoms with Crippen molar-refractivity contribution < 1.29 is 18.7 Å². The van der Waals surface area contributed by atoms with Crippen LogP contribution in [0.25, 0.3) is 0 Å². The van der Waals surface area contributed by atoms with E-state index in [0.717, 1.165) is 5.56 Å². The Morgan fingerprint density at radius 1 is 1.11 bits per heavy atom. The topological polar surface area (TPSA) is 52.5 Å². The largest absolute Gasteiger partial charge is 0.493 e. The van der Waals surface area contributed by atoms with Gasteiger partial charge < -0.3 is 19.4 Å². The van der Waals surface area contributed by atoms with E-state index in [1.807, 2.05) is 47.3 Å². The smallest absolute Gasteiger partial charge is 0.226 e. The van der Waals surface area contributed by atoms with Crippen molar-refractivity contribution in [3.63, 3.8) is 0 Å². The minimum atomic E-state index is -0.353. The van der Waals surface area contributed by atoms with Crippen LogP contribution in [-0.4, -0.2) is 24.7 Å². The summed E-state index contributed by atoms with van der Waals surface area (Å²) in [6, 6.07) is 13.7. The quantitative estimate of drug-likeness (QED) is 0.651. The van der Waals surface area contributed by atoms with Crippen molar-refractivity contribution in [2.75, 3.05) is 19.5 Å². The number of carbonyl (C=O) groups excluding carboxylic acids is 1. The van der Waals surface area contributed by atoms with Crippen LogP contribution in [-0.2, 0) is 4.79 Å². The molecule has 3 rings (SSSR count).